The predicted octanol–water partition coefficient (Wildman–Crippen LogP) is 0.0363. The number of methoxy groups -OCH3 is 1. The summed E-state index contributed by atoms with van der Waals surface area (Å²) in [6.07, 6.45) is 0.803. The number of aliphatic hydroxyl groups excluding tert-OH is 1. The molecule has 1 saturated heterocycles. The van der Waals surface area contributed by atoms with Crippen molar-refractivity contribution in [2.45, 2.75) is 25.6 Å². The topological polar surface area (TPSA) is 45.2 Å². The molecule has 1 aliphatic rings. The normalized spacial score (nSPS) is 22.7. The summed E-state index contributed by atoms with van der Waals surface area (Å²) in [5.41, 5.74) is 0. The molecule has 0 saturated carbocycles. The zero-order chi connectivity index (χ0) is 13.4. The summed E-state index contributed by atoms with van der Waals surface area (Å²) in [6, 6.07) is 0. The third-order valence-electron chi connectivity index (χ3n) is 3.26. The van der Waals surface area contributed by atoms with E-state index >= 15 is 0 Å². The molecular weight excluding hydrogens is 232 g/mol. The molecule has 108 valence electrons. The van der Waals surface area contributed by atoms with Crippen LogP contribution in [0.3, 0.4) is 0 Å². The van der Waals surface area contributed by atoms with Gasteiger partial charge >= 0.3 is 0 Å². The lowest BCUT2D eigenvalue weighted by molar-refractivity contribution is -0.0393. The minimum atomic E-state index is -0.410. The summed E-state index contributed by atoms with van der Waals surface area (Å²) >= 11 is 0. The summed E-state index contributed by atoms with van der Waals surface area (Å²) in [4.78, 5) is 4.65. The number of aliphatic hydroxyl groups is 1. The first-order valence-electron chi connectivity index (χ1n) is 6.81. The molecule has 1 fully saturated rings. The van der Waals surface area contributed by atoms with Gasteiger partial charge in [0.15, 0.2) is 0 Å². The third-order valence-corrected chi connectivity index (χ3v) is 3.26. The van der Waals surface area contributed by atoms with Gasteiger partial charge in [-0.15, -0.1) is 0 Å². The third kappa shape index (κ3) is 6.66. The second-order valence-corrected chi connectivity index (χ2v) is 5.21. The molecule has 0 aromatic heterocycles. The van der Waals surface area contributed by atoms with Gasteiger partial charge in [-0.1, -0.05) is 0 Å². The first-order valence-corrected chi connectivity index (χ1v) is 6.81. The number of ether oxygens (including phenoxy) is 2. The molecule has 1 rings (SSSR count). The van der Waals surface area contributed by atoms with E-state index in [-0.39, 0.29) is 6.10 Å². The first-order chi connectivity index (χ1) is 8.61. The molecule has 1 aliphatic heterocycles. The lowest BCUT2D eigenvalue weighted by Gasteiger charge is -2.24. The monoisotopic (exact) mass is 260 g/mol. The number of rotatable bonds is 7. The molecule has 0 amide bonds. The standard InChI is InChI=1S/C13H28N2O3/c1-12(10-17-3)18-11-13(16)9-15-6-4-5-14(2)7-8-15/h12-13,16H,4-11H2,1-3H3. The van der Waals surface area contributed by atoms with Gasteiger partial charge in [0.05, 0.1) is 25.4 Å². The molecule has 2 unspecified atom stereocenters. The van der Waals surface area contributed by atoms with E-state index in [2.05, 4.69) is 16.8 Å². The summed E-state index contributed by atoms with van der Waals surface area (Å²) in [5.74, 6) is 0. The quantitative estimate of drug-likeness (QED) is 0.700. The molecule has 1 N–H and O–H groups in total. The largest absolute Gasteiger partial charge is 0.389 e. The van der Waals surface area contributed by atoms with Gasteiger partial charge in [-0.3, -0.25) is 4.90 Å². The van der Waals surface area contributed by atoms with Crippen molar-refractivity contribution in [3.8, 4) is 0 Å². The highest BCUT2D eigenvalue weighted by Crippen LogP contribution is 2.03. The molecular formula is C13H28N2O3. The van der Waals surface area contributed by atoms with Gasteiger partial charge in [0.25, 0.3) is 0 Å². The summed E-state index contributed by atoms with van der Waals surface area (Å²) in [7, 11) is 3.81. The van der Waals surface area contributed by atoms with Gasteiger partial charge in [0.2, 0.25) is 0 Å². The summed E-state index contributed by atoms with van der Waals surface area (Å²) in [5, 5.41) is 9.96. The van der Waals surface area contributed by atoms with Crippen molar-refractivity contribution in [3.63, 3.8) is 0 Å². The van der Waals surface area contributed by atoms with Crippen LogP contribution in [0, 0.1) is 0 Å². The molecule has 5 nitrogen and oxygen atoms in total. The van der Waals surface area contributed by atoms with Crippen molar-refractivity contribution < 1.29 is 14.6 Å². The highest BCUT2D eigenvalue weighted by atomic mass is 16.5. The SMILES string of the molecule is COCC(C)OCC(O)CN1CCCN(C)CC1. The van der Waals surface area contributed by atoms with Crippen LogP contribution in [0.15, 0.2) is 0 Å². The van der Waals surface area contributed by atoms with Gasteiger partial charge in [-0.25, -0.2) is 0 Å². The van der Waals surface area contributed by atoms with E-state index in [4.69, 9.17) is 9.47 Å². The Hall–Kier alpha value is -0.200. The van der Waals surface area contributed by atoms with Crippen LogP contribution in [0.2, 0.25) is 0 Å². The number of nitrogens with zero attached hydrogens (tertiary/aromatic N) is 2. The van der Waals surface area contributed by atoms with Crippen molar-refractivity contribution in [2.75, 3.05) is 60.1 Å². The van der Waals surface area contributed by atoms with E-state index in [0.29, 0.717) is 19.8 Å². The molecule has 0 radical (unpaired) electrons. The van der Waals surface area contributed by atoms with Crippen LogP contribution in [-0.4, -0.2) is 87.2 Å². The Morgan fingerprint density at radius 1 is 1.17 bits per heavy atom. The van der Waals surface area contributed by atoms with E-state index < -0.39 is 6.10 Å². The summed E-state index contributed by atoms with van der Waals surface area (Å²) in [6.45, 7) is 7.93. The lowest BCUT2D eigenvalue weighted by Crippen LogP contribution is -2.38. The fourth-order valence-corrected chi connectivity index (χ4v) is 2.19. The number of hydrogen-bond acceptors (Lipinski definition) is 5. The van der Waals surface area contributed by atoms with E-state index in [1.165, 1.54) is 6.42 Å². The van der Waals surface area contributed by atoms with Gasteiger partial charge in [0, 0.05) is 26.7 Å². The number of hydrogen-bond donors (Lipinski definition) is 1. The van der Waals surface area contributed by atoms with E-state index in [1.54, 1.807) is 7.11 Å². The Bertz CT molecular complexity index is 216. The second-order valence-electron chi connectivity index (χ2n) is 5.21. The molecule has 0 aromatic rings. The first kappa shape index (κ1) is 15.9. The zero-order valence-electron chi connectivity index (χ0n) is 12.0. The predicted molar refractivity (Wildman–Crippen MR) is 71.9 cm³/mol. The highest BCUT2D eigenvalue weighted by Gasteiger charge is 2.16. The Balaban J connectivity index is 2.16. The Morgan fingerprint density at radius 3 is 2.67 bits per heavy atom. The highest BCUT2D eigenvalue weighted by molar-refractivity contribution is 4.70. The average Bonchev–Trinajstić information content (AvgIpc) is 2.52. The minimum Gasteiger partial charge on any atom is -0.389 e. The van der Waals surface area contributed by atoms with Crippen LogP contribution in [0.4, 0.5) is 0 Å². The zero-order valence-corrected chi connectivity index (χ0v) is 12.0. The maximum absolute atomic E-state index is 9.96. The Morgan fingerprint density at radius 2 is 1.94 bits per heavy atom. The fraction of sp³-hybridized carbons (Fsp3) is 1.00. The van der Waals surface area contributed by atoms with Gasteiger partial charge < -0.3 is 19.5 Å². The van der Waals surface area contributed by atoms with Crippen LogP contribution in [-0.2, 0) is 9.47 Å². The van der Waals surface area contributed by atoms with Crippen molar-refractivity contribution in [2.24, 2.45) is 0 Å². The molecule has 1 heterocycles. The van der Waals surface area contributed by atoms with Crippen molar-refractivity contribution in [3.05, 3.63) is 0 Å². The van der Waals surface area contributed by atoms with Crippen LogP contribution in [0.25, 0.3) is 0 Å². The smallest absolute Gasteiger partial charge is 0.0900 e. The molecule has 0 spiro atoms. The van der Waals surface area contributed by atoms with Crippen LogP contribution in [0.1, 0.15) is 13.3 Å². The number of likely N-dealkylation sites (N-methyl/N-ethyl adjacent to an activating group) is 1. The van der Waals surface area contributed by atoms with Crippen LogP contribution < -0.4 is 0 Å². The molecule has 0 aromatic carbocycles. The van der Waals surface area contributed by atoms with E-state index in [9.17, 15) is 5.11 Å². The fourth-order valence-electron chi connectivity index (χ4n) is 2.19. The van der Waals surface area contributed by atoms with Crippen molar-refractivity contribution in [1.29, 1.82) is 0 Å². The lowest BCUT2D eigenvalue weighted by atomic mass is 10.3. The molecule has 5 heteroatoms. The maximum Gasteiger partial charge on any atom is 0.0900 e. The Kier molecular flexibility index (Phi) is 7.77. The van der Waals surface area contributed by atoms with Crippen molar-refractivity contribution in [1.82, 2.24) is 9.80 Å². The second kappa shape index (κ2) is 8.82. The molecule has 2 atom stereocenters. The molecule has 18 heavy (non-hydrogen) atoms. The van der Waals surface area contributed by atoms with Gasteiger partial charge in [-0.05, 0) is 33.5 Å². The van der Waals surface area contributed by atoms with Crippen LogP contribution in [0.5, 0.6) is 0 Å². The Labute approximate surface area is 111 Å². The minimum absolute atomic E-state index is 0.0416. The average molecular weight is 260 g/mol. The molecule has 0 bridgehead atoms. The van der Waals surface area contributed by atoms with Crippen LogP contribution >= 0.6 is 0 Å². The maximum atomic E-state index is 9.96. The van der Waals surface area contributed by atoms with Gasteiger partial charge in [0.1, 0.15) is 0 Å². The van der Waals surface area contributed by atoms with E-state index in [1.807, 2.05) is 6.92 Å². The van der Waals surface area contributed by atoms with Gasteiger partial charge in [-0.2, -0.15) is 0 Å². The van der Waals surface area contributed by atoms with Crippen molar-refractivity contribution >= 4 is 0 Å². The number of β-amino-alcohol motifs (C(OH)–C–C–N with tert-alkyl or cyclic N) is 1. The summed E-state index contributed by atoms with van der Waals surface area (Å²) < 4.78 is 10.5. The van der Waals surface area contributed by atoms with E-state index in [0.717, 1.165) is 26.2 Å². The molecule has 0 aliphatic carbocycles.